The van der Waals surface area contributed by atoms with Crippen molar-refractivity contribution in [3.8, 4) is 0 Å². The first kappa shape index (κ1) is 25.7. The smallest absolute Gasteiger partial charge is 0.314 e. The number of anilines is 1. The molecular formula is C25H33N2O3Y+. The molecule has 1 heterocycles. The Kier molecular flexibility index (Phi) is 9.86. The molecule has 0 aromatic heterocycles. The Balaban J connectivity index is 0.00000341. The molecule has 1 aliphatic rings. The standard InChI is InChI=1S/C25H32N2O3.Y/c1-4-30-25(29)22-14-9-15-27(17-22,16-21-12-6-5-7-13-21)18-23(28)26-24-19(2)10-8-11-20(24)3;/h5-8,10-13,22H,4,9,14-18H2,1-3H3;/p+1. The maximum Gasteiger partial charge on any atom is 0.314 e. The third-order valence-corrected chi connectivity index (χ3v) is 6.00. The van der Waals surface area contributed by atoms with E-state index >= 15 is 0 Å². The molecule has 2 atom stereocenters. The molecule has 0 bridgehead atoms. The SMILES string of the molecule is CCOC(=O)C1CCC[N+](CC(=O)Nc2c(C)cccc2C)(Cc2ccccc2)C1.[Y]. The van der Waals surface area contributed by atoms with Crippen LogP contribution in [0.5, 0.6) is 0 Å². The van der Waals surface area contributed by atoms with Gasteiger partial charge in [0.2, 0.25) is 0 Å². The number of quaternary nitrogens is 1. The monoisotopic (exact) mass is 498 g/mol. The van der Waals surface area contributed by atoms with E-state index in [1.165, 1.54) is 5.56 Å². The first-order valence-corrected chi connectivity index (χ1v) is 10.8. The van der Waals surface area contributed by atoms with E-state index in [0.29, 0.717) is 24.2 Å². The van der Waals surface area contributed by atoms with Crippen molar-refractivity contribution in [3.63, 3.8) is 0 Å². The molecule has 0 spiro atoms. The molecule has 1 radical (unpaired) electrons. The number of rotatable bonds is 7. The summed E-state index contributed by atoms with van der Waals surface area (Å²) in [6, 6.07) is 16.3. The predicted octanol–water partition coefficient (Wildman–Crippen LogP) is 4.23. The van der Waals surface area contributed by atoms with E-state index < -0.39 is 0 Å². The number of nitrogens with one attached hydrogen (secondary N) is 1. The summed E-state index contributed by atoms with van der Waals surface area (Å²) in [5.41, 5.74) is 4.18. The third kappa shape index (κ3) is 6.96. The second-order valence-corrected chi connectivity index (χ2v) is 8.46. The van der Waals surface area contributed by atoms with Crippen molar-refractivity contribution >= 4 is 17.6 Å². The van der Waals surface area contributed by atoms with E-state index in [1.54, 1.807) is 0 Å². The number of hydrogen-bond acceptors (Lipinski definition) is 3. The minimum Gasteiger partial charge on any atom is -0.466 e. The Morgan fingerprint density at radius 3 is 2.39 bits per heavy atom. The minimum absolute atomic E-state index is 0. The number of ether oxygens (including phenoxy) is 1. The van der Waals surface area contributed by atoms with Gasteiger partial charge in [-0.1, -0.05) is 48.5 Å². The van der Waals surface area contributed by atoms with Gasteiger partial charge in [-0.15, -0.1) is 0 Å². The van der Waals surface area contributed by atoms with Crippen LogP contribution in [0.15, 0.2) is 48.5 Å². The normalized spacial score (nSPS) is 20.4. The Morgan fingerprint density at radius 2 is 1.74 bits per heavy atom. The van der Waals surface area contributed by atoms with Crippen molar-refractivity contribution in [3.05, 3.63) is 65.2 Å². The summed E-state index contributed by atoms with van der Waals surface area (Å²) in [7, 11) is 0. The molecule has 2 aromatic rings. The van der Waals surface area contributed by atoms with Crippen LogP contribution < -0.4 is 5.32 Å². The largest absolute Gasteiger partial charge is 0.466 e. The maximum absolute atomic E-state index is 13.1. The molecule has 2 unspecified atom stereocenters. The van der Waals surface area contributed by atoms with Gasteiger partial charge in [-0.25, -0.2) is 0 Å². The molecular weight excluding hydrogens is 465 g/mol. The molecule has 1 aliphatic heterocycles. The topological polar surface area (TPSA) is 55.4 Å². The fourth-order valence-corrected chi connectivity index (χ4v) is 4.58. The number of para-hydroxylation sites is 1. The number of benzene rings is 2. The second kappa shape index (κ2) is 11.9. The maximum atomic E-state index is 13.1. The Bertz CT molecular complexity index is 867. The van der Waals surface area contributed by atoms with Crippen LogP contribution in [0.4, 0.5) is 5.69 Å². The summed E-state index contributed by atoms with van der Waals surface area (Å²) in [5.74, 6) is -0.300. The molecule has 31 heavy (non-hydrogen) atoms. The zero-order valence-corrected chi connectivity index (χ0v) is 21.7. The van der Waals surface area contributed by atoms with Crippen molar-refractivity contribution in [2.45, 2.75) is 40.2 Å². The number of esters is 1. The number of piperidine rings is 1. The van der Waals surface area contributed by atoms with Gasteiger partial charge in [-0.3, -0.25) is 9.59 Å². The molecule has 1 amide bonds. The van der Waals surface area contributed by atoms with Crippen molar-refractivity contribution in [1.82, 2.24) is 0 Å². The molecule has 3 rings (SSSR count). The van der Waals surface area contributed by atoms with Gasteiger partial charge < -0.3 is 14.5 Å². The van der Waals surface area contributed by atoms with Crippen LogP contribution in [0.25, 0.3) is 0 Å². The summed E-state index contributed by atoms with van der Waals surface area (Å²) < 4.78 is 5.88. The zero-order valence-electron chi connectivity index (χ0n) is 18.9. The quantitative estimate of drug-likeness (QED) is 0.459. The van der Waals surface area contributed by atoms with Crippen molar-refractivity contribution in [1.29, 1.82) is 0 Å². The van der Waals surface area contributed by atoms with Crippen LogP contribution in [-0.2, 0) is 53.6 Å². The summed E-state index contributed by atoms with van der Waals surface area (Å²) >= 11 is 0. The van der Waals surface area contributed by atoms with Crippen molar-refractivity contribution in [2.75, 3.05) is 31.6 Å². The second-order valence-electron chi connectivity index (χ2n) is 8.46. The van der Waals surface area contributed by atoms with Crippen LogP contribution in [0.2, 0.25) is 0 Å². The van der Waals surface area contributed by atoms with Gasteiger partial charge in [0.05, 0.1) is 19.7 Å². The van der Waals surface area contributed by atoms with E-state index in [1.807, 2.05) is 57.2 Å². The Hall–Kier alpha value is -1.56. The number of likely N-dealkylation sites (tertiary alicyclic amines) is 1. The van der Waals surface area contributed by atoms with Crippen LogP contribution >= 0.6 is 0 Å². The van der Waals surface area contributed by atoms with Gasteiger partial charge in [0, 0.05) is 44.0 Å². The predicted molar refractivity (Wildman–Crippen MR) is 119 cm³/mol. The molecule has 5 nitrogen and oxygen atoms in total. The van der Waals surface area contributed by atoms with Crippen molar-refractivity contribution in [2.24, 2.45) is 5.92 Å². The third-order valence-electron chi connectivity index (χ3n) is 6.00. The number of carbonyl (C=O) groups is 2. The fraction of sp³-hybridized carbons (Fsp3) is 0.440. The molecule has 1 N–H and O–H groups in total. The van der Waals surface area contributed by atoms with Crippen molar-refractivity contribution < 1.29 is 51.5 Å². The van der Waals surface area contributed by atoms with E-state index in [9.17, 15) is 9.59 Å². The van der Waals surface area contributed by atoms with Crippen LogP contribution in [0, 0.1) is 19.8 Å². The summed E-state index contributed by atoms with van der Waals surface area (Å²) in [5, 5.41) is 3.13. The van der Waals surface area contributed by atoms with E-state index in [-0.39, 0.29) is 50.5 Å². The molecule has 1 saturated heterocycles. The first-order chi connectivity index (χ1) is 14.4. The molecule has 0 aliphatic carbocycles. The van der Waals surface area contributed by atoms with Gasteiger partial charge >= 0.3 is 5.97 Å². The molecule has 0 saturated carbocycles. The average Bonchev–Trinajstić information content (AvgIpc) is 2.72. The van der Waals surface area contributed by atoms with E-state index in [2.05, 4.69) is 17.4 Å². The number of nitrogens with zero attached hydrogens (tertiary/aromatic N) is 1. The van der Waals surface area contributed by atoms with E-state index in [4.69, 9.17) is 4.74 Å². The Morgan fingerprint density at radius 1 is 1.06 bits per heavy atom. The summed E-state index contributed by atoms with van der Waals surface area (Å²) in [6.07, 6.45) is 1.74. The van der Waals surface area contributed by atoms with Crippen LogP contribution in [0.1, 0.15) is 36.5 Å². The number of carbonyl (C=O) groups excluding carboxylic acids is 2. The van der Waals surface area contributed by atoms with Gasteiger partial charge in [0.1, 0.15) is 12.5 Å². The van der Waals surface area contributed by atoms with Crippen LogP contribution in [-0.4, -0.2) is 42.6 Å². The first-order valence-electron chi connectivity index (χ1n) is 10.8. The molecule has 163 valence electrons. The van der Waals surface area contributed by atoms with E-state index in [0.717, 1.165) is 42.7 Å². The molecule has 1 fully saturated rings. The van der Waals surface area contributed by atoms with Gasteiger partial charge in [-0.2, -0.15) is 0 Å². The van der Waals surface area contributed by atoms with Gasteiger partial charge in [0.25, 0.3) is 5.91 Å². The average molecular weight is 498 g/mol. The number of hydrogen-bond donors (Lipinski definition) is 1. The minimum atomic E-state index is -0.157. The van der Waals surface area contributed by atoms with Gasteiger partial charge in [0.15, 0.2) is 6.54 Å². The fourth-order valence-electron chi connectivity index (χ4n) is 4.58. The molecule has 2 aromatic carbocycles. The summed E-state index contributed by atoms with van der Waals surface area (Å²) in [4.78, 5) is 25.6. The van der Waals surface area contributed by atoms with Crippen LogP contribution in [0.3, 0.4) is 0 Å². The molecule has 6 heteroatoms. The number of aryl methyl sites for hydroxylation is 2. The Labute approximate surface area is 211 Å². The number of amides is 1. The van der Waals surface area contributed by atoms with Gasteiger partial charge in [-0.05, 0) is 44.7 Å². The zero-order chi connectivity index (χ0) is 21.6. The summed E-state index contributed by atoms with van der Waals surface area (Å²) in [6.45, 7) is 8.84.